The van der Waals surface area contributed by atoms with Gasteiger partial charge in [-0.3, -0.25) is 19.1 Å². The van der Waals surface area contributed by atoms with Crippen molar-refractivity contribution in [1.82, 2.24) is 19.2 Å². The Morgan fingerprint density at radius 1 is 1.06 bits per heavy atom. The fraction of sp³-hybridized carbons (Fsp3) is 0.375. The molecule has 3 heterocycles. The quantitative estimate of drug-likeness (QED) is 0.594. The Labute approximate surface area is 197 Å². The fourth-order valence-corrected chi connectivity index (χ4v) is 6.07. The normalized spacial score (nSPS) is 20.0. The molecule has 0 radical (unpaired) electrons. The number of para-hydroxylation sites is 2. The van der Waals surface area contributed by atoms with Gasteiger partial charge in [0.25, 0.3) is 10.0 Å². The molecule has 1 aromatic heterocycles. The summed E-state index contributed by atoms with van der Waals surface area (Å²) in [6.07, 6.45) is 1.31. The van der Waals surface area contributed by atoms with Crippen molar-refractivity contribution in [2.45, 2.75) is 43.7 Å². The van der Waals surface area contributed by atoms with Crippen LogP contribution in [0.25, 0.3) is 11.0 Å². The number of aromatic amines is 1. The second-order valence-electron chi connectivity index (χ2n) is 9.14. The van der Waals surface area contributed by atoms with E-state index in [2.05, 4.69) is 14.7 Å². The lowest BCUT2D eigenvalue weighted by Gasteiger charge is -2.34. The van der Waals surface area contributed by atoms with Gasteiger partial charge in [0.05, 0.1) is 15.9 Å². The number of aliphatic imine (C=N–C) groups is 1. The van der Waals surface area contributed by atoms with Gasteiger partial charge in [0.1, 0.15) is 11.9 Å². The Kier molecular flexibility index (Phi) is 5.55. The number of aromatic nitrogens is 2. The van der Waals surface area contributed by atoms with Gasteiger partial charge in [-0.05, 0) is 43.0 Å². The Hall–Kier alpha value is -3.40. The minimum absolute atomic E-state index is 0.00466. The second-order valence-corrected chi connectivity index (χ2v) is 10.8. The van der Waals surface area contributed by atoms with E-state index in [1.54, 1.807) is 27.7 Å². The molecule has 9 nitrogen and oxygen atoms in total. The van der Waals surface area contributed by atoms with Gasteiger partial charge in [0, 0.05) is 24.7 Å². The number of carbonyl (C=O) groups excluding carboxylic acids is 1. The van der Waals surface area contributed by atoms with Crippen molar-refractivity contribution >= 4 is 32.8 Å². The van der Waals surface area contributed by atoms with Crippen LogP contribution < -0.4 is 10.4 Å². The Balaban J connectivity index is 1.36. The van der Waals surface area contributed by atoms with Crippen LogP contribution in [0.4, 0.5) is 0 Å². The van der Waals surface area contributed by atoms with Crippen molar-refractivity contribution in [3.63, 3.8) is 0 Å². The molecule has 178 valence electrons. The second kappa shape index (κ2) is 8.43. The van der Waals surface area contributed by atoms with Crippen LogP contribution in [0.1, 0.15) is 38.3 Å². The van der Waals surface area contributed by atoms with Crippen molar-refractivity contribution in [2.24, 2.45) is 10.9 Å². The average Bonchev–Trinajstić information content (AvgIpc) is 3.29. The van der Waals surface area contributed by atoms with E-state index in [9.17, 15) is 18.0 Å². The molecule has 3 aromatic rings. The Bertz CT molecular complexity index is 1450. The maximum atomic E-state index is 13.4. The van der Waals surface area contributed by atoms with Crippen LogP contribution in [0.2, 0.25) is 0 Å². The number of likely N-dealkylation sites (tertiary alicyclic amines) is 1. The third kappa shape index (κ3) is 3.81. The minimum Gasteiger partial charge on any atom is -0.341 e. The topological polar surface area (TPSA) is 117 Å². The van der Waals surface area contributed by atoms with E-state index < -0.39 is 16.1 Å². The van der Waals surface area contributed by atoms with Crippen molar-refractivity contribution in [2.75, 3.05) is 13.1 Å². The highest BCUT2D eigenvalue weighted by atomic mass is 32.2. The molecule has 0 unspecified atom stereocenters. The molecule has 34 heavy (non-hydrogen) atoms. The van der Waals surface area contributed by atoms with E-state index >= 15 is 0 Å². The number of rotatable bonds is 4. The van der Waals surface area contributed by atoms with Gasteiger partial charge in [-0.25, -0.2) is 13.2 Å². The SMILES string of the molecule is CC(C)[C@H](N=C1NS(=O)(=O)c2ccccc21)C(=O)N1CCC(n2c(=O)[nH]c3ccccc32)CC1. The molecule has 2 aliphatic rings. The molecule has 10 heteroatoms. The van der Waals surface area contributed by atoms with E-state index in [1.165, 1.54) is 6.07 Å². The summed E-state index contributed by atoms with van der Waals surface area (Å²) in [6.45, 7) is 4.82. The van der Waals surface area contributed by atoms with Crippen molar-refractivity contribution in [1.29, 1.82) is 0 Å². The third-order valence-corrected chi connectivity index (χ3v) is 7.98. The molecule has 1 amide bonds. The summed E-state index contributed by atoms with van der Waals surface area (Å²) >= 11 is 0. The summed E-state index contributed by atoms with van der Waals surface area (Å²) in [5, 5.41) is 0. The van der Waals surface area contributed by atoms with Gasteiger partial charge >= 0.3 is 5.69 Å². The monoisotopic (exact) mass is 481 g/mol. The summed E-state index contributed by atoms with van der Waals surface area (Å²) in [4.78, 5) is 35.4. The number of amides is 1. The van der Waals surface area contributed by atoms with Crippen LogP contribution in [0, 0.1) is 5.92 Å². The lowest BCUT2D eigenvalue weighted by atomic mass is 9.99. The predicted molar refractivity (Wildman–Crippen MR) is 129 cm³/mol. The smallest absolute Gasteiger partial charge is 0.326 e. The molecule has 0 bridgehead atoms. The maximum Gasteiger partial charge on any atom is 0.326 e. The summed E-state index contributed by atoms with van der Waals surface area (Å²) in [6, 6.07) is 13.5. The van der Waals surface area contributed by atoms with Gasteiger partial charge in [0.2, 0.25) is 5.91 Å². The standard InChI is InChI=1S/C24H27N5O4S/c1-15(2)21(26-22-17-7-3-6-10-20(17)34(32,33)27-22)23(30)28-13-11-16(12-14-28)29-19-9-5-4-8-18(19)25-24(29)31/h3-10,15-16,21H,11-14H2,1-2H3,(H,25,31)(H,26,27)/t21-/m0/s1. The lowest BCUT2D eigenvalue weighted by molar-refractivity contribution is -0.134. The zero-order chi connectivity index (χ0) is 24.0. The van der Waals surface area contributed by atoms with E-state index in [-0.39, 0.29) is 34.3 Å². The average molecular weight is 482 g/mol. The highest BCUT2D eigenvalue weighted by molar-refractivity contribution is 7.90. The highest BCUT2D eigenvalue weighted by Gasteiger charge is 2.35. The summed E-state index contributed by atoms with van der Waals surface area (Å²) < 4.78 is 29.2. The number of benzene rings is 2. The lowest BCUT2D eigenvalue weighted by Crippen LogP contribution is -2.46. The predicted octanol–water partition coefficient (Wildman–Crippen LogP) is 2.26. The van der Waals surface area contributed by atoms with Crippen molar-refractivity contribution < 1.29 is 13.2 Å². The van der Waals surface area contributed by atoms with Gasteiger partial charge in [-0.1, -0.05) is 38.1 Å². The Morgan fingerprint density at radius 2 is 1.74 bits per heavy atom. The molecular weight excluding hydrogens is 454 g/mol. The summed E-state index contributed by atoms with van der Waals surface area (Å²) in [5.41, 5.74) is 2.03. The minimum atomic E-state index is -3.67. The summed E-state index contributed by atoms with van der Waals surface area (Å²) in [7, 11) is -3.67. The molecule has 2 N–H and O–H groups in total. The van der Waals surface area contributed by atoms with Gasteiger partial charge in [-0.2, -0.15) is 0 Å². The van der Waals surface area contributed by atoms with Crippen molar-refractivity contribution in [3.8, 4) is 0 Å². The van der Waals surface area contributed by atoms with E-state index in [1.807, 2.05) is 38.1 Å². The number of carbonyl (C=O) groups is 1. The van der Waals surface area contributed by atoms with Crippen LogP contribution in [0.3, 0.4) is 0 Å². The number of piperidine rings is 1. The van der Waals surface area contributed by atoms with Crippen LogP contribution in [0.15, 0.2) is 63.2 Å². The Morgan fingerprint density at radius 3 is 2.47 bits per heavy atom. The van der Waals surface area contributed by atoms with Crippen LogP contribution in [-0.2, 0) is 14.8 Å². The maximum absolute atomic E-state index is 13.4. The summed E-state index contributed by atoms with van der Waals surface area (Å²) in [5.74, 6) is -0.0371. The first-order chi connectivity index (χ1) is 16.3. The number of fused-ring (bicyclic) bond motifs is 2. The van der Waals surface area contributed by atoms with Gasteiger partial charge < -0.3 is 9.88 Å². The number of hydrogen-bond acceptors (Lipinski definition) is 5. The number of nitrogens with one attached hydrogen (secondary N) is 2. The first-order valence-corrected chi connectivity index (χ1v) is 12.9. The first kappa shape index (κ1) is 22.4. The number of nitrogens with zero attached hydrogens (tertiary/aromatic N) is 3. The molecule has 1 saturated heterocycles. The molecule has 5 rings (SSSR count). The zero-order valence-corrected chi connectivity index (χ0v) is 19.9. The van der Waals surface area contributed by atoms with Crippen LogP contribution >= 0.6 is 0 Å². The van der Waals surface area contributed by atoms with Crippen LogP contribution in [-0.4, -0.2) is 53.7 Å². The number of hydrogen-bond donors (Lipinski definition) is 2. The zero-order valence-electron chi connectivity index (χ0n) is 19.1. The van der Waals surface area contributed by atoms with E-state index in [0.717, 1.165) is 11.0 Å². The first-order valence-electron chi connectivity index (χ1n) is 11.4. The molecular formula is C24H27N5O4S. The van der Waals surface area contributed by atoms with E-state index in [4.69, 9.17) is 0 Å². The van der Waals surface area contributed by atoms with Gasteiger partial charge in [0.15, 0.2) is 0 Å². The molecule has 0 saturated carbocycles. The van der Waals surface area contributed by atoms with E-state index in [0.29, 0.717) is 31.5 Å². The number of imidazole rings is 1. The molecule has 1 fully saturated rings. The third-order valence-electron chi connectivity index (χ3n) is 6.58. The molecule has 2 aromatic carbocycles. The fourth-order valence-electron chi connectivity index (χ4n) is 4.83. The van der Waals surface area contributed by atoms with Gasteiger partial charge in [-0.15, -0.1) is 0 Å². The molecule has 0 spiro atoms. The van der Waals surface area contributed by atoms with Crippen LogP contribution in [0.5, 0.6) is 0 Å². The number of amidine groups is 1. The number of sulfonamides is 1. The highest BCUT2D eigenvalue weighted by Crippen LogP contribution is 2.27. The van der Waals surface area contributed by atoms with Crippen molar-refractivity contribution in [3.05, 3.63) is 64.6 Å². The molecule has 1 atom stereocenters. The molecule has 0 aliphatic carbocycles. The number of H-pyrrole nitrogens is 1. The largest absolute Gasteiger partial charge is 0.341 e. The molecule has 2 aliphatic heterocycles.